The van der Waals surface area contributed by atoms with Gasteiger partial charge < -0.3 is 4.74 Å². The van der Waals surface area contributed by atoms with Crippen molar-refractivity contribution in [1.82, 2.24) is 4.90 Å². The molecule has 4 heteroatoms. The number of nitrogens with zero attached hydrogens (tertiary/aromatic N) is 2. The van der Waals surface area contributed by atoms with Crippen molar-refractivity contribution in [1.29, 1.82) is 5.26 Å². The molecule has 3 unspecified atom stereocenters. The molecule has 84 valence electrons. The normalized spacial score (nSPS) is 28.4. The monoisotopic (exact) mass is 210 g/mol. The Morgan fingerprint density at radius 1 is 1.67 bits per heavy atom. The first-order chi connectivity index (χ1) is 7.13. The average Bonchev–Trinajstić information content (AvgIpc) is 2.61. The highest BCUT2D eigenvalue weighted by molar-refractivity contribution is 5.73. The number of nitriles is 1. The van der Waals surface area contributed by atoms with Crippen LogP contribution in [0.2, 0.25) is 0 Å². The molecule has 0 spiro atoms. The van der Waals surface area contributed by atoms with Crippen molar-refractivity contribution < 1.29 is 9.53 Å². The second-order valence-corrected chi connectivity index (χ2v) is 4.11. The zero-order chi connectivity index (χ0) is 11.4. The molecule has 0 aromatic carbocycles. The molecule has 0 aliphatic carbocycles. The summed E-state index contributed by atoms with van der Waals surface area (Å²) in [7, 11) is 1.42. The summed E-state index contributed by atoms with van der Waals surface area (Å²) < 4.78 is 4.75. The molecular weight excluding hydrogens is 192 g/mol. The molecule has 0 aromatic rings. The first-order valence-electron chi connectivity index (χ1n) is 5.35. The number of methoxy groups -OCH3 is 1. The smallest absolute Gasteiger partial charge is 0.310 e. The number of esters is 1. The summed E-state index contributed by atoms with van der Waals surface area (Å²) in [6.45, 7) is 5.49. The predicted molar refractivity (Wildman–Crippen MR) is 55.9 cm³/mol. The second kappa shape index (κ2) is 5.13. The van der Waals surface area contributed by atoms with E-state index in [9.17, 15) is 4.79 Å². The molecule has 0 N–H and O–H groups in total. The number of ether oxygens (including phenoxy) is 1. The molecule has 0 saturated carbocycles. The minimum absolute atomic E-state index is 0.0675. The maximum atomic E-state index is 11.4. The fraction of sp³-hybridized carbons (Fsp3) is 0.818. The minimum atomic E-state index is -0.155. The van der Waals surface area contributed by atoms with Gasteiger partial charge in [0.25, 0.3) is 0 Å². The standard InChI is InChI=1S/C11H18N2O2/c1-4-9(5-12)13-6-8(2)10(7-13)11(14)15-3/h8-10H,4,6-7H2,1-3H3. The van der Waals surface area contributed by atoms with Gasteiger partial charge in [-0.15, -0.1) is 0 Å². The maximum absolute atomic E-state index is 11.4. The lowest BCUT2D eigenvalue weighted by atomic mass is 9.99. The Balaban J connectivity index is 2.63. The summed E-state index contributed by atoms with van der Waals surface area (Å²) in [5, 5.41) is 8.95. The van der Waals surface area contributed by atoms with Gasteiger partial charge in [0, 0.05) is 13.1 Å². The van der Waals surface area contributed by atoms with Crippen molar-refractivity contribution in [3.05, 3.63) is 0 Å². The van der Waals surface area contributed by atoms with E-state index in [2.05, 4.69) is 11.0 Å². The van der Waals surface area contributed by atoms with Crippen LogP contribution in [0.5, 0.6) is 0 Å². The van der Waals surface area contributed by atoms with Crippen molar-refractivity contribution in [2.24, 2.45) is 11.8 Å². The summed E-state index contributed by atoms with van der Waals surface area (Å²) in [5.74, 6) is 0.0510. The molecule has 1 fully saturated rings. The average molecular weight is 210 g/mol. The number of hydrogen-bond acceptors (Lipinski definition) is 4. The van der Waals surface area contributed by atoms with E-state index in [1.165, 1.54) is 7.11 Å². The van der Waals surface area contributed by atoms with Crippen molar-refractivity contribution in [2.45, 2.75) is 26.3 Å². The van der Waals surface area contributed by atoms with E-state index in [0.29, 0.717) is 6.54 Å². The first-order valence-corrected chi connectivity index (χ1v) is 5.35. The number of likely N-dealkylation sites (tertiary alicyclic amines) is 1. The van der Waals surface area contributed by atoms with Gasteiger partial charge in [-0.1, -0.05) is 13.8 Å². The topological polar surface area (TPSA) is 53.3 Å². The largest absolute Gasteiger partial charge is 0.469 e. The van der Waals surface area contributed by atoms with Crippen LogP contribution in [-0.4, -0.2) is 37.1 Å². The molecule has 0 aromatic heterocycles. The zero-order valence-electron chi connectivity index (χ0n) is 9.56. The van der Waals surface area contributed by atoms with E-state index in [0.717, 1.165) is 13.0 Å². The van der Waals surface area contributed by atoms with Crippen molar-refractivity contribution in [3.63, 3.8) is 0 Å². The third-order valence-electron chi connectivity index (χ3n) is 3.12. The third kappa shape index (κ3) is 2.48. The highest BCUT2D eigenvalue weighted by atomic mass is 16.5. The lowest BCUT2D eigenvalue weighted by Crippen LogP contribution is -2.32. The van der Waals surface area contributed by atoms with Crippen molar-refractivity contribution in [2.75, 3.05) is 20.2 Å². The highest BCUT2D eigenvalue weighted by Crippen LogP contribution is 2.26. The van der Waals surface area contributed by atoms with Gasteiger partial charge in [-0.2, -0.15) is 5.26 Å². The molecular formula is C11H18N2O2. The van der Waals surface area contributed by atoms with Crippen molar-refractivity contribution >= 4 is 5.97 Å². The minimum Gasteiger partial charge on any atom is -0.469 e. The van der Waals surface area contributed by atoms with Crippen LogP contribution < -0.4 is 0 Å². The van der Waals surface area contributed by atoms with E-state index in [1.54, 1.807) is 0 Å². The second-order valence-electron chi connectivity index (χ2n) is 4.11. The quantitative estimate of drug-likeness (QED) is 0.653. The van der Waals surface area contributed by atoms with Crippen LogP contribution >= 0.6 is 0 Å². The summed E-state index contributed by atoms with van der Waals surface area (Å²) in [4.78, 5) is 13.5. The van der Waals surface area contributed by atoms with Crippen LogP contribution in [0.3, 0.4) is 0 Å². The SMILES string of the molecule is CCC(C#N)N1CC(C)C(C(=O)OC)C1. The molecule has 1 rings (SSSR count). The van der Waals surface area contributed by atoms with Crippen LogP contribution in [-0.2, 0) is 9.53 Å². The van der Waals surface area contributed by atoms with Gasteiger partial charge in [-0.05, 0) is 12.3 Å². The fourth-order valence-corrected chi connectivity index (χ4v) is 2.15. The Hall–Kier alpha value is -1.08. The Morgan fingerprint density at radius 2 is 2.33 bits per heavy atom. The molecule has 1 saturated heterocycles. The van der Waals surface area contributed by atoms with Crippen molar-refractivity contribution in [3.8, 4) is 6.07 Å². The molecule has 1 aliphatic rings. The lowest BCUT2D eigenvalue weighted by molar-refractivity contribution is -0.146. The zero-order valence-corrected chi connectivity index (χ0v) is 9.56. The van der Waals surface area contributed by atoms with Crippen LogP contribution in [0.25, 0.3) is 0 Å². The van der Waals surface area contributed by atoms with Crippen LogP contribution in [0.15, 0.2) is 0 Å². The van der Waals surface area contributed by atoms with Crippen LogP contribution in [0.1, 0.15) is 20.3 Å². The Morgan fingerprint density at radius 3 is 2.80 bits per heavy atom. The molecule has 1 heterocycles. The third-order valence-corrected chi connectivity index (χ3v) is 3.12. The van der Waals surface area contributed by atoms with Gasteiger partial charge in [0.15, 0.2) is 0 Å². The summed E-state index contributed by atoms with van der Waals surface area (Å²) in [6.07, 6.45) is 0.803. The van der Waals surface area contributed by atoms with Gasteiger partial charge in [0.05, 0.1) is 25.1 Å². The fourth-order valence-electron chi connectivity index (χ4n) is 2.15. The van der Waals surface area contributed by atoms with Gasteiger partial charge in [0.1, 0.15) is 0 Å². The molecule has 1 aliphatic heterocycles. The number of carbonyl (C=O) groups is 1. The first kappa shape index (κ1) is 12.0. The van der Waals surface area contributed by atoms with E-state index in [1.807, 2.05) is 13.8 Å². The highest BCUT2D eigenvalue weighted by Gasteiger charge is 2.37. The van der Waals surface area contributed by atoms with Gasteiger partial charge in [0.2, 0.25) is 0 Å². The number of carbonyl (C=O) groups excluding carboxylic acids is 1. The summed E-state index contributed by atoms with van der Waals surface area (Å²) in [5.41, 5.74) is 0. The lowest BCUT2D eigenvalue weighted by Gasteiger charge is -2.19. The van der Waals surface area contributed by atoms with E-state index < -0.39 is 0 Å². The Labute approximate surface area is 90.8 Å². The maximum Gasteiger partial charge on any atom is 0.310 e. The Bertz CT molecular complexity index is 272. The van der Waals surface area contributed by atoms with E-state index in [-0.39, 0.29) is 23.8 Å². The molecule has 15 heavy (non-hydrogen) atoms. The molecule has 0 amide bonds. The Kier molecular flexibility index (Phi) is 4.10. The predicted octanol–water partition coefficient (Wildman–Crippen LogP) is 1.03. The van der Waals surface area contributed by atoms with Gasteiger partial charge in [-0.25, -0.2) is 0 Å². The van der Waals surface area contributed by atoms with Gasteiger partial charge in [-0.3, -0.25) is 9.69 Å². The van der Waals surface area contributed by atoms with E-state index >= 15 is 0 Å². The molecule has 0 radical (unpaired) electrons. The molecule has 0 bridgehead atoms. The molecule has 4 nitrogen and oxygen atoms in total. The molecule has 3 atom stereocenters. The summed E-state index contributed by atoms with van der Waals surface area (Å²) >= 11 is 0. The summed E-state index contributed by atoms with van der Waals surface area (Å²) in [6, 6.07) is 2.20. The number of rotatable bonds is 3. The van der Waals surface area contributed by atoms with E-state index in [4.69, 9.17) is 10.00 Å². The van der Waals surface area contributed by atoms with Crippen LogP contribution in [0.4, 0.5) is 0 Å². The van der Waals surface area contributed by atoms with Gasteiger partial charge >= 0.3 is 5.97 Å². The number of hydrogen-bond donors (Lipinski definition) is 0. The van der Waals surface area contributed by atoms with Crippen LogP contribution in [0, 0.1) is 23.2 Å².